The third-order valence-electron chi connectivity index (χ3n) is 3.17. The molecule has 2 nitrogen and oxygen atoms in total. The molecule has 1 aromatic rings. The number of hydrogen-bond donors (Lipinski definition) is 2. The zero-order valence-electron chi connectivity index (χ0n) is 10.4. The van der Waals surface area contributed by atoms with E-state index in [4.69, 9.17) is 5.73 Å². The Labute approximate surface area is 104 Å². The van der Waals surface area contributed by atoms with Crippen molar-refractivity contribution in [2.45, 2.75) is 40.2 Å². The van der Waals surface area contributed by atoms with Crippen molar-refractivity contribution in [2.75, 3.05) is 0 Å². The molecule has 2 atom stereocenters. The second kappa shape index (κ2) is 6.12. The summed E-state index contributed by atoms with van der Waals surface area (Å²) in [5.74, 6) is 0.789. The molecule has 3 heteroatoms. The summed E-state index contributed by atoms with van der Waals surface area (Å²) in [6.45, 7) is 8.32. The van der Waals surface area contributed by atoms with Crippen LogP contribution in [0.5, 0.6) is 5.75 Å². The molecular formula is C13H22ClNO. The molecule has 0 amide bonds. The Morgan fingerprint density at radius 1 is 1.25 bits per heavy atom. The molecule has 1 unspecified atom stereocenters. The van der Waals surface area contributed by atoms with Gasteiger partial charge in [0.2, 0.25) is 0 Å². The van der Waals surface area contributed by atoms with Gasteiger partial charge in [-0.1, -0.05) is 20.3 Å². The minimum atomic E-state index is 0. The van der Waals surface area contributed by atoms with Gasteiger partial charge in [-0.15, -0.1) is 12.4 Å². The first-order valence-electron chi connectivity index (χ1n) is 5.53. The van der Waals surface area contributed by atoms with Crippen molar-refractivity contribution in [1.82, 2.24) is 0 Å². The molecule has 0 fully saturated rings. The van der Waals surface area contributed by atoms with Crippen LogP contribution in [-0.2, 0) is 0 Å². The molecule has 1 rings (SSSR count). The summed E-state index contributed by atoms with van der Waals surface area (Å²) in [6.07, 6.45) is 1.07. The summed E-state index contributed by atoms with van der Waals surface area (Å²) < 4.78 is 0. The lowest BCUT2D eigenvalue weighted by molar-refractivity contribution is 0.449. The zero-order valence-corrected chi connectivity index (χ0v) is 11.3. The Morgan fingerprint density at radius 2 is 1.69 bits per heavy atom. The molecule has 3 N–H and O–H groups in total. The lowest BCUT2D eigenvalue weighted by Gasteiger charge is -2.23. The monoisotopic (exact) mass is 243 g/mol. The van der Waals surface area contributed by atoms with Crippen molar-refractivity contribution in [1.29, 1.82) is 0 Å². The molecule has 0 heterocycles. The Morgan fingerprint density at radius 3 is 2.06 bits per heavy atom. The van der Waals surface area contributed by atoms with E-state index in [1.54, 1.807) is 12.1 Å². The smallest absolute Gasteiger partial charge is 0.116 e. The lowest BCUT2D eigenvalue weighted by atomic mass is 9.87. The number of aryl methyl sites for hydroxylation is 2. The number of benzene rings is 1. The van der Waals surface area contributed by atoms with Gasteiger partial charge in [-0.2, -0.15) is 0 Å². The average Bonchev–Trinajstić information content (AvgIpc) is 2.14. The highest BCUT2D eigenvalue weighted by molar-refractivity contribution is 5.85. The predicted octanol–water partition coefficient (Wildman–Crippen LogP) is 3.48. The average molecular weight is 244 g/mol. The van der Waals surface area contributed by atoms with Crippen LogP contribution >= 0.6 is 12.4 Å². The van der Waals surface area contributed by atoms with E-state index in [0.717, 1.165) is 17.5 Å². The topological polar surface area (TPSA) is 46.2 Å². The van der Waals surface area contributed by atoms with E-state index < -0.39 is 0 Å². The second-order valence-electron chi connectivity index (χ2n) is 4.40. The number of nitrogens with two attached hydrogens (primary N) is 1. The number of phenols is 1. The maximum Gasteiger partial charge on any atom is 0.116 e. The molecule has 92 valence electrons. The molecule has 0 bridgehead atoms. The number of aromatic hydroxyl groups is 1. The highest BCUT2D eigenvalue weighted by atomic mass is 35.5. The highest BCUT2D eigenvalue weighted by Gasteiger charge is 2.17. The van der Waals surface area contributed by atoms with Crippen LogP contribution in [0, 0.1) is 19.8 Å². The molecule has 0 radical (unpaired) electrons. The van der Waals surface area contributed by atoms with Crippen LogP contribution in [0.4, 0.5) is 0 Å². The summed E-state index contributed by atoms with van der Waals surface area (Å²) in [5.41, 5.74) is 9.57. The maximum absolute atomic E-state index is 9.46. The first-order valence-corrected chi connectivity index (χ1v) is 5.53. The lowest BCUT2D eigenvalue weighted by Crippen LogP contribution is -2.20. The van der Waals surface area contributed by atoms with Crippen molar-refractivity contribution in [3.05, 3.63) is 28.8 Å². The van der Waals surface area contributed by atoms with Gasteiger partial charge in [0.15, 0.2) is 0 Å². The number of hydrogen-bond acceptors (Lipinski definition) is 2. The zero-order chi connectivity index (χ0) is 11.6. The number of halogens is 1. The van der Waals surface area contributed by atoms with Gasteiger partial charge in [-0.05, 0) is 48.6 Å². The van der Waals surface area contributed by atoms with E-state index in [0.29, 0.717) is 11.7 Å². The van der Waals surface area contributed by atoms with E-state index in [1.807, 2.05) is 13.8 Å². The fraction of sp³-hybridized carbons (Fsp3) is 0.538. The maximum atomic E-state index is 9.46. The third-order valence-corrected chi connectivity index (χ3v) is 3.17. The molecule has 0 aliphatic carbocycles. The summed E-state index contributed by atoms with van der Waals surface area (Å²) in [6, 6.07) is 3.63. The van der Waals surface area contributed by atoms with Crippen LogP contribution in [-0.4, -0.2) is 5.11 Å². The van der Waals surface area contributed by atoms with Gasteiger partial charge < -0.3 is 10.8 Å². The van der Waals surface area contributed by atoms with E-state index in [2.05, 4.69) is 13.8 Å². The van der Waals surface area contributed by atoms with Crippen molar-refractivity contribution in [2.24, 2.45) is 11.7 Å². The van der Waals surface area contributed by atoms with Gasteiger partial charge in [0.25, 0.3) is 0 Å². The molecule has 16 heavy (non-hydrogen) atoms. The normalized spacial score (nSPS) is 14.1. The number of rotatable bonds is 3. The SMILES string of the molecule is CCC(C)[C@H](N)c1c(C)cc(O)cc1C.Cl. The molecule has 0 aliphatic heterocycles. The first kappa shape index (κ1) is 15.3. The van der Waals surface area contributed by atoms with E-state index in [1.165, 1.54) is 5.56 Å². The second-order valence-corrected chi connectivity index (χ2v) is 4.40. The van der Waals surface area contributed by atoms with Crippen LogP contribution < -0.4 is 5.73 Å². The van der Waals surface area contributed by atoms with Gasteiger partial charge >= 0.3 is 0 Å². The Kier molecular flexibility index (Phi) is 5.84. The third kappa shape index (κ3) is 3.13. The molecule has 0 spiro atoms. The first-order chi connectivity index (χ1) is 6.97. The minimum absolute atomic E-state index is 0. The van der Waals surface area contributed by atoms with Gasteiger partial charge in [0.1, 0.15) is 5.75 Å². The predicted molar refractivity (Wildman–Crippen MR) is 71.2 cm³/mol. The van der Waals surface area contributed by atoms with Gasteiger partial charge in [-0.25, -0.2) is 0 Å². The summed E-state index contributed by atoms with van der Waals surface area (Å²) in [5, 5.41) is 9.46. The summed E-state index contributed by atoms with van der Waals surface area (Å²) >= 11 is 0. The standard InChI is InChI=1S/C13H21NO.ClH/c1-5-8(2)13(14)12-9(3)6-11(15)7-10(12)4;/h6-8,13,15H,5,14H2,1-4H3;1H/t8?,13-;/m0./s1. The van der Waals surface area contributed by atoms with E-state index >= 15 is 0 Å². The van der Waals surface area contributed by atoms with Crippen molar-refractivity contribution in [3.63, 3.8) is 0 Å². The van der Waals surface area contributed by atoms with E-state index in [-0.39, 0.29) is 18.4 Å². The largest absolute Gasteiger partial charge is 0.508 e. The molecule has 0 aromatic heterocycles. The Balaban J connectivity index is 0.00000225. The highest BCUT2D eigenvalue weighted by Crippen LogP contribution is 2.30. The van der Waals surface area contributed by atoms with Crippen molar-refractivity contribution < 1.29 is 5.11 Å². The van der Waals surface area contributed by atoms with Gasteiger partial charge in [0, 0.05) is 6.04 Å². The van der Waals surface area contributed by atoms with Crippen molar-refractivity contribution in [3.8, 4) is 5.75 Å². The number of phenolic OH excluding ortho intramolecular Hbond substituents is 1. The summed E-state index contributed by atoms with van der Waals surface area (Å²) in [4.78, 5) is 0. The Bertz CT molecular complexity index is 329. The fourth-order valence-corrected chi connectivity index (χ4v) is 2.02. The van der Waals surface area contributed by atoms with Crippen LogP contribution in [0.2, 0.25) is 0 Å². The molecular weight excluding hydrogens is 222 g/mol. The molecule has 0 saturated carbocycles. The molecule has 0 saturated heterocycles. The summed E-state index contributed by atoms with van der Waals surface area (Å²) in [7, 11) is 0. The molecule has 0 aliphatic rings. The van der Waals surface area contributed by atoms with Gasteiger partial charge in [-0.3, -0.25) is 0 Å². The van der Waals surface area contributed by atoms with E-state index in [9.17, 15) is 5.11 Å². The molecule has 1 aromatic carbocycles. The van der Waals surface area contributed by atoms with Crippen LogP contribution in [0.25, 0.3) is 0 Å². The Hall–Kier alpha value is -0.730. The van der Waals surface area contributed by atoms with Gasteiger partial charge in [0.05, 0.1) is 0 Å². The fourth-order valence-electron chi connectivity index (χ4n) is 2.02. The van der Waals surface area contributed by atoms with Crippen LogP contribution in [0.15, 0.2) is 12.1 Å². The van der Waals surface area contributed by atoms with Crippen molar-refractivity contribution >= 4 is 12.4 Å². The van der Waals surface area contributed by atoms with Crippen LogP contribution in [0.3, 0.4) is 0 Å². The van der Waals surface area contributed by atoms with Crippen LogP contribution in [0.1, 0.15) is 43.0 Å². The quantitative estimate of drug-likeness (QED) is 0.854. The minimum Gasteiger partial charge on any atom is -0.508 e.